The minimum atomic E-state index is 0.580. The zero-order chi connectivity index (χ0) is 15.2. The maximum Gasteiger partial charge on any atom is 0.191 e. The Kier molecular flexibility index (Phi) is 5.99. The molecule has 0 amide bonds. The van der Waals surface area contributed by atoms with Gasteiger partial charge in [-0.25, -0.2) is 0 Å². The predicted octanol–water partition coefficient (Wildman–Crippen LogP) is 2.61. The second-order valence-electron chi connectivity index (χ2n) is 7.62. The number of likely N-dealkylation sites (tertiary alicyclic amines) is 1. The Morgan fingerprint density at radius 2 is 1.91 bits per heavy atom. The van der Waals surface area contributed by atoms with Gasteiger partial charge in [0.1, 0.15) is 0 Å². The number of rotatable bonds is 7. The Labute approximate surface area is 136 Å². The lowest BCUT2D eigenvalue weighted by molar-refractivity contribution is 0.275. The van der Waals surface area contributed by atoms with Crippen molar-refractivity contribution in [2.24, 2.45) is 16.8 Å². The van der Waals surface area contributed by atoms with E-state index in [0.29, 0.717) is 6.04 Å². The van der Waals surface area contributed by atoms with Crippen molar-refractivity contribution in [2.45, 2.75) is 63.8 Å². The molecule has 4 nitrogen and oxygen atoms in total. The lowest BCUT2D eigenvalue weighted by atomic mass is 10.1. The monoisotopic (exact) mass is 306 g/mol. The molecule has 3 fully saturated rings. The Hall–Kier alpha value is -0.770. The van der Waals surface area contributed by atoms with Crippen LogP contribution in [-0.2, 0) is 0 Å². The second-order valence-corrected chi connectivity index (χ2v) is 7.62. The van der Waals surface area contributed by atoms with Crippen molar-refractivity contribution < 1.29 is 0 Å². The molecule has 2 N–H and O–H groups in total. The third kappa shape index (κ3) is 5.15. The summed E-state index contributed by atoms with van der Waals surface area (Å²) in [5, 5.41) is 7.11. The van der Waals surface area contributed by atoms with E-state index < -0.39 is 0 Å². The van der Waals surface area contributed by atoms with Gasteiger partial charge in [0.2, 0.25) is 0 Å². The van der Waals surface area contributed by atoms with Gasteiger partial charge in [-0.05, 0) is 43.9 Å². The molecular formula is C18H34N4. The molecule has 0 spiro atoms. The molecule has 22 heavy (non-hydrogen) atoms. The average Bonchev–Trinajstić information content (AvgIpc) is 3.02. The molecule has 0 bridgehead atoms. The van der Waals surface area contributed by atoms with Crippen LogP contribution in [0.15, 0.2) is 4.99 Å². The maximum absolute atomic E-state index is 4.39. The first kappa shape index (κ1) is 16.1. The Morgan fingerprint density at radius 1 is 1.09 bits per heavy atom. The topological polar surface area (TPSA) is 39.7 Å². The lowest BCUT2D eigenvalue weighted by Gasteiger charge is -2.21. The quantitative estimate of drug-likeness (QED) is 0.431. The number of nitrogens with zero attached hydrogens (tertiary/aromatic N) is 2. The van der Waals surface area contributed by atoms with Crippen LogP contribution < -0.4 is 10.6 Å². The molecule has 1 aliphatic heterocycles. The van der Waals surface area contributed by atoms with Crippen LogP contribution in [0.5, 0.6) is 0 Å². The highest BCUT2D eigenvalue weighted by atomic mass is 15.2. The fourth-order valence-electron chi connectivity index (χ4n) is 4.07. The van der Waals surface area contributed by atoms with E-state index in [1.807, 2.05) is 7.05 Å². The first-order valence-electron chi connectivity index (χ1n) is 9.53. The van der Waals surface area contributed by atoms with Gasteiger partial charge in [-0.3, -0.25) is 4.99 Å². The second kappa shape index (κ2) is 8.19. The highest BCUT2D eigenvalue weighted by Crippen LogP contribution is 2.33. The summed E-state index contributed by atoms with van der Waals surface area (Å²) in [5.74, 6) is 3.01. The predicted molar refractivity (Wildman–Crippen MR) is 93.3 cm³/mol. The van der Waals surface area contributed by atoms with Gasteiger partial charge in [0, 0.05) is 39.3 Å². The van der Waals surface area contributed by atoms with Crippen molar-refractivity contribution in [1.82, 2.24) is 15.5 Å². The molecule has 3 rings (SSSR count). The molecule has 2 saturated carbocycles. The van der Waals surface area contributed by atoms with Gasteiger partial charge in [0.15, 0.2) is 5.96 Å². The van der Waals surface area contributed by atoms with E-state index in [9.17, 15) is 0 Å². The lowest BCUT2D eigenvalue weighted by Crippen LogP contribution is -2.45. The van der Waals surface area contributed by atoms with Crippen LogP contribution in [0.3, 0.4) is 0 Å². The van der Waals surface area contributed by atoms with Gasteiger partial charge in [0.05, 0.1) is 0 Å². The number of nitrogens with one attached hydrogen (secondary N) is 2. The van der Waals surface area contributed by atoms with Crippen LogP contribution >= 0.6 is 0 Å². The minimum absolute atomic E-state index is 0.580. The van der Waals surface area contributed by atoms with Gasteiger partial charge < -0.3 is 15.5 Å². The standard InChI is InChI=1S/C18H34N4/c1-19-18(20-11-4-7-15-8-9-15)21-17-10-12-22(14-17)13-16-5-2-3-6-16/h15-17H,2-14H2,1H3,(H2,19,20,21). The van der Waals surface area contributed by atoms with E-state index in [0.717, 1.165) is 24.3 Å². The molecule has 0 aromatic carbocycles. The van der Waals surface area contributed by atoms with Crippen molar-refractivity contribution in [2.75, 3.05) is 33.2 Å². The van der Waals surface area contributed by atoms with E-state index in [2.05, 4.69) is 20.5 Å². The van der Waals surface area contributed by atoms with Crippen molar-refractivity contribution in [3.8, 4) is 0 Å². The summed E-state index contributed by atoms with van der Waals surface area (Å²) in [7, 11) is 1.89. The molecule has 2 aliphatic carbocycles. The highest BCUT2D eigenvalue weighted by Gasteiger charge is 2.26. The third-order valence-corrected chi connectivity index (χ3v) is 5.61. The maximum atomic E-state index is 4.39. The molecule has 4 heteroatoms. The summed E-state index contributed by atoms with van der Waals surface area (Å²) < 4.78 is 0. The number of hydrogen-bond donors (Lipinski definition) is 2. The smallest absolute Gasteiger partial charge is 0.191 e. The largest absolute Gasteiger partial charge is 0.356 e. The highest BCUT2D eigenvalue weighted by molar-refractivity contribution is 5.79. The number of hydrogen-bond acceptors (Lipinski definition) is 2. The normalized spacial score (nSPS) is 27.5. The van der Waals surface area contributed by atoms with Gasteiger partial charge in [-0.1, -0.05) is 25.7 Å². The summed E-state index contributed by atoms with van der Waals surface area (Å²) in [6.07, 6.45) is 12.7. The molecule has 3 aliphatic rings. The zero-order valence-electron chi connectivity index (χ0n) is 14.3. The van der Waals surface area contributed by atoms with Crippen LogP contribution in [0.2, 0.25) is 0 Å². The SMILES string of the molecule is CN=C(NCCCC1CC1)NC1CCN(CC2CCCC2)C1. The molecular weight excluding hydrogens is 272 g/mol. The zero-order valence-corrected chi connectivity index (χ0v) is 14.3. The summed E-state index contributed by atoms with van der Waals surface area (Å²) in [6, 6.07) is 0.580. The van der Waals surface area contributed by atoms with Crippen LogP contribution in [0.4, 0.5) is 0 Å². The molecule has 126 valence electrons. The van der Waals surface area contributed by atoms with Gasteiger partial charge in [-0.2, -0.15) is 0 Å². The summed E-state index contributed by atoms with van der Waals surface area (Å²) in [6.45, 7) is 4.84. The Bertz CT molecular complexity index is 358. The fourth-order valence-corrected chi connectivity index (χ4v) is 4.07. The molecule has 0 aromatic heterocycles. The molecule has 1 heterocycles. The minimum Gasteiger partial charge on any atom is -0.356 e. The fraction of sp³-hybridized carbons (Fsp3) is 0.944. The van der Waals surface area contributed by atoms with Gasteiger partial charge in [-0.15, -0.1) is 0 Å². The number of aliphatic imine (C=N–C) groups is 1. The van der Waals surface area contributed by atoms with E-state index in [1.165, 1.54) is 77.4 Å². The molecule has 0 aromatic rings. The van der Waals surface area contributed by atoms with Crippen molar-refractivity contribution >= 4 is 5.96 Å². The molecule has 1 atom stereocenters. The van der Waals surface area contributed by atoms with Gasteiger partial charge in [0.25, 0.3) is 0 Å². The Balaban J connectivity index is 1.30. The van der Waals surface area contributed by atoms with E-state index in [-0.39, 0.29) is 0 Å². The molecule has 1 saturated heterocycles. The van der Waals surface area contributed by atoms with E-state index in [1.54, 1.807) is 0 Å². The van der Waals surface area contributed by atoms with Crippen LogP contribution in [-0.4, -0.2) is 50.1 Å². The Morgan fingerprint density at radius 3 is 2.64 bits per heavy atom. The average molecular weight is 306 g/mol. The van der Waals surface area contributed by atoms with Crippen LogP contribution in [0.1, 0.15) is 57.8 Å². The molecule has 0 radical (unpaired) electrons. The van der Waals surface area contributed by atoms with E-state index >= 15 is 0 Å². The van der Waals surface area contributed by atoms with Gasteiger partial charge >= 0.3 is 0 Å². The van der Waals surface area contributed by atoms with Crippen LogP contribution in [0.25, 0.3) is 0 Å². The summed E-state index contributed by atoms with van der Waals surface area (Å²) in [4.78, 5) is 7.05. The van der Waals surface area contributed by atoms with Crippen LogP contribution in [0, 0.1) is 11.8 Å². The summed E-state index contributed by atoms with van der Waals surface area (Å²) >= 11 is 0. The summed E-state index contributed by atoms with van der Waals surface area (Å²) in [5.41, 5.74) is 0. The van der Waals surface area contributed by atoms with Crippen molar-refractivity contribution in [3.05, 3.63) is 0 Å². The first-order valence-corrected chi connectivity index (χ1v) is 9.53. The first-order chi connectivity index (χ1) is 10.8. The number of guanidine groups is 1. The van der Waals surface area contributed by atoms with E-state index in [4.69, 9.17) is 0 Å². The van der Waals surface area contributed by atoms with Crippen molar-refractivity contribution in [1.29, 1.82) is 0 Å². The van der Waals surface area contributed by atoms with Crippen molar-refractivity contribution in [3.63, 3.8) is 0 Å². The third-order valence-electron chi connectivity index (χ3n) is 5.61. The molecule has 1 unspecified atom stereocenters.